The second kappa shape index (κ2) is 5.54. The summed E-state index contributed by atoms with van der Waals surface area (Å²) in [4.78, 5) is 0. The van der Waals surface area contributed by atoms with Crippen molar-refractivity contribution in [2.75, 3.05) is 0 Å². The first-order valence-electron chi connectivity index (χ1n) is 5.11. The van der Waals surface area contributed by atoms with Crippen molar-refractivity contribution in [3.8, 4) is 11.5 Å². The van der Waals surface area contributed by atoms with E-state index in [0.29, 0.717) is 11.6 Å². The lowest BCUT2D eigenvalue weighted by Crippen LogP contribution is -1.97. The molecule has 17 heavy (non-hydrogen) atoms. The van der Waals surface area contributed by atoms with E-state index in [1.807, 2.05) is 30.3 Å². The Kier molecular flexibility index (Phi) is 4.05. The lowest BCUT2D eigenvalue weighted by molar-refractivity contribution is 0.482. The molecule has 0 aliphatic rings. The molecule has 0 spiro atoms. The van der Waals surface area contributed by atoms with Gasteiger partial charge in [0.05, 0.1) is 0 Å². The van der Waals surface area contributed by atoms with Gasteiger partial charge in [-0.2, -0.15) is 0 Å². The van der Waals surface area contributed by atoms with Gasteiger partial charge in [0.2, 0.25) is 0 Å². The maximum absolute atomic E-state index is 5.80. The lowest BCUT2D eigenvalue weighted by atomic mass is 10.2. The molecule has 0 aromatic heterocycles. The molecule has 0 unspecified atom stereocenters. The van der Waals surface area contributed by atoms with Gasteiger partial charge in [-0.3, -0.25) is 0 Å². The second-order valence-electron chi connectivity index (χ2n) is 3.51. The van der Waals surface area contributed by atoms with Crippen LogP contribution in [0.4, 0.5) is 0 Å². The molecule has 2 nitrogen and oxygen atoms in total. The van der Waals surface area contributed by atoms with Crippen LogP contribution in [-0.2, 0) is 6.54 Å². The average molecular weight is 313 g/mol. The zero-order valence-corrected chi connectivity index (χ0v) is 11.3. The van der Waals surface area contributed by atoms with E-state index in [9.17, 15) is 0 Å². The van der Waals surface area contributed by atoms with Crippen molar-refractivity contribution in [1.82, 2.24) is 0 Å². The van der Waals surface area contributed by atoms with E-state index in [1.165, 1.54) is 0 Å². The second-order valence-corrected chi connectivity index (χ2v) is 4.80. The number of hydrogen-bond acceptors (Lipinski definition) is 2. The molecule has 0 radical (unpaired) electrons. The Bertz CT molecular complexity index is 513. The van der Waals surface area contributed by atoms with Crippen LogP contribution in [0.25, 0.3) is 0 Å². The molecule has 0 amide bonds. The van der Waals surface area contributed by atoms with Crippen LogP contribution in [0.2, 0.25) is 5.02 Å². The summed E-state index contributed by atoms with van der Waals surface area (Å²) in [6.45, 7) is 0.502. The highest BCUT2D eigenvalue weighted by molar-refractivity contribution is 9.10. The Balaban J connectivity index is 2.19. The van der Waals surface area contributed by atoms with Crippen molar-refractivity contribution >= 4 is 27.5 Å². The molecule has 0 fully saturated rings. The molecule has 0 bridgehead atoms. The highest BCUT2D eigenvalue weighted by atomic mass is 79.9. The van der Waals surface area contributed by atoms with E-state index in [-0.39, 0.29) is 0 Å². The van der Waals surface area contributed by atoms with Gasteiger partial charge in [0, 0.05) is 16.0 Å². The summed E-state index contributed by atoms with van der Waals surface area (Å²) in [7, 11) is 0. The topological polar surface area (TPSA) is 35.2 Å². The minimum atomic E-state index is 0.502. The molecule has 2 aromatic rings. The van der Waals surface area contributed by atoms with E-state index < -0.39 is 0 Å². The highest BCUT2D eigenvalue weighted by Crippen LogP contribution is 2.27. The Labute approximate surface area is 113 Å². The predicted molar refractivity (Wildman–Crippen MR) is 73.6 cm³/mol. The van der Waals surface area contributed by atoms with Gasteiger partial charge in [0.25, 0.3) is 0 Å². The summed E-state index contributed by atoms with van der Waals surface area (Å²) in [5.41, 5.74) is 6.63. The third-order valence-electron chi connectivity index (χ3n) is 2.29. The Hall–Kier alpha value is -1.03. The number of ether oxygens (including phenoxy) is 1. The van der Waals surface area contributed by atoms with Crippen molar-refractivity contribution < 1.29 is 4.74 Å². The number of benzene rings is 2. The Morgan fingerprint density at radius 1 is 1.06 bits per heavy atom. The van der Waals surface area contributed by atoms with Crippen molar-refractivity contribution in [2.24, 2.45) is 5.73 Å². The molecule has 2 aromatic carbocycles. The predicted octanol–water partition coefficient (Wildman–Crippen LogP) is 4.35. The fourth-order valence-electron chi connectivity index (χ4n) is 1.40. The van der Waals surface area contributed by atoms with Gasteiger partial charge in [0.15, 0.2) is 0 Å². The first-order valence-corrected chi connectivity index (χ1v) is 6.28. The summed E-state index contributed by atoms with van der Waals surface area (Å²) in [5, 5.41) is 0.692. The molecular weight excluding hydrogens is 302 g/mol. The van der Waals surface area contributed by atoms with Crippen molar-refractivity contribution in [1.29, 1.82) is 0 Å². The largest absolute Gasteiger partial charge is 0.457 e. The first-order chi connectivity index (χ1) is 8.19. The molecule has 0 atom stereocenters. The monoisotopic (exact) mass is 311 g/mol. The molecule has 0 saturated heterocycles. The van der Waals surface area contributed by atoms with Gasteiger partial charge in [-0.05, 0) is 42.0 Å². The van der Waals surface area contributed by atoms with E-state index in [0.717, 1.165) is 21.5 Å². The maximum Gasteiger partial charge on any atom is 0.128 e. The van der Waals surface area contributed by atoms with Gasteiger partial charge in [-0.1, -0.05) is 33.6 Å². The summed E-state index contributed by atoms with van der Waals surface area (Å²) >= 11 is 9.25. The summed E-state index contributed by atoms with van der Waals surface area (Å²) in [5.74, 6) is 1.51. The first kappa shape index (κ1) is 12.4. The van der Waals surface area contributed by atoms with Gasteiger partial charge < -0.3 is 10.5 Å². The molecule has 0 saturated carbocycles. The Morgan fingerprint density at radius 2 is 1.71 bits per heavy atom. The summed E-state index contributed by atoms with van der Waals surface area (Å²) in [6.07, 6.45) is 0. The number of nitrogens with two attached hydrogens (primary N) is 1. The van der Waals surface area contributed by atoms with Crippen LogP contribution in [-0.4, -0.2) is 0 Å². The minimum absolute atomic E-state index is 0.502. The maximum atomic E-state index is 5.80. The van der Waals surface area contributed by atoms with E-state index in [2.05, 4.69) is 15.9 Å². The third kappa shape index (κ3) is 3.22. The van der Waals surface area contributed by atoms with Crippen LogP contribution in [0.15, 0.2) is 46.9 Å². The zero-order valence-electron chi connectivity index (χ0n) is 8.99. The van der Waals surface area contributed by atoms with Crippen LogP contribution >= 0.6 is 27.5 Å². The van der Waals surface area contributed by atoms with E-state index >= 15 is 0 Å². The van der Waals surface area contributed by atoms with Gasteiger partial charge >= 0.3 is 0 Å². The minimum Gasteiger partial charge on any atom is -0.457 e. The van der Waals surface area contributed by atoms with Crippen molar-refractivity contribution in [3.05, 3.63) is 57.5 Å². The smallest absolute Gasteiger partial charge is 0.128 e. The lowest BCUT2D eigenvalue weighted by Gasteiger charge is -2.08. The number of halogens is 2. The molecule has 0 aliphatic carbocycles. The highest BCUT2D eigenvalue weighted by Gasteiger charge is 2.02. The third-order valence-corrected chi connectivity index (χ3v) is 3.28. The standard InChI is InChI=1S/C13H11BrClNO/c14-13-7-12(4-1-9(13)8-16)17-11-5-2-10(15)3-6-11/h1-7H,8,16H2. The van der Waals surface area contributed by atoms with Gasteiger partial charge in [0.1, 0.15) is 11.5 Å². The van der Waals surface area contributed by atoms with Crippen LogP contribution < -0.4 is 10.5 Å². The molecule has 0 aliphatic heterocycles. The van der Waals surface area contributed by atoms with Crippen LogP contribution in [0.1, 0.15) is 5.56 Å². The van der Waals surface area contributed by atoms with Gasteiger partial charge in [-0.25, -0.2) is 0 Å². The molecule has 0 heterocycles. The molecule has 2 N–H and O–H groups in total. The molecule has 4 heteroatoms. The van der Waals surface area contributed by atoms with Gasteiger partial charge in [-0.15, -0.1) is 0 Å². The van der Waals surface area contributed by atoms with Crippen molar-refractivity contribution in [2.45, 2.75) is 6.54 Å². The Morgan fingerprint density at radius 3 is 2.29 bits per heavy atom. The van der Waals surface area contributed by atoms with Crippen LogP contribution in [0, 0.1) is 0 Å². The molecule has 88 valence electrons. The average Bonchev–Trinajstić information content (AvgIpc) is 2.32. The SMILES string of the molecule is NCc1ccc(Oc2ccc(Cl)cc2)cc1Br. The summed E-state index contributed by atoms with van der Waals surface area (Å²) < 4.78 is 6.63. The quantitative estimate of drug-likeness (QED) is 0.914. The molecule has 2 rings (SSSR count). The summed E-state index contributed by atoms with van der Waals surface area (Å²) in [6, 6.07) is 13.0. The van der Waals surface area contributed by atoms with Crippen LogP contribution in [0.3, 0.4) is 0 Å². The fourth-order valence-corrected chi connectivity index (χ4v) is 2.04. The van der Waals surface area contributed by atoms with E-state index in [1.54, 1.807) is 12.1 Å². The van der Waals surface area contributed by atoms with Crippen LogP contribution in [0.5, 0.6) is 11.5 Å². The normalized spacial score (nSPS) is 10.3. The zero-order chi connectivity index (χ0) is 12.3. The number of hydrogen-bond donors (Lipinski definition) is 1. The fraction of sp³-hybridized carbons (Fsp3) is 0.0769. The molecular formula is C13H11BrClNO. The number of rotatable bonds is 3. The van der Waals surface area contributed by atoms with E-state index in [4.69, 9.17) is 22.1 Å². The van der Waals surface area contributed by atoms with Crippen molar-refractivity contribution in [3.63, 3.8) is 0 Å².